The standard InChI is InChI=1S/C23H18ClN3O3/c1-30-19-5-3-2-4-17(19)23(29)27-12-14-6-8-15(9-7-14)22(28)21-20(24)16-10-11-25-18(16)13-26-21/h2-11H,12-13H2,1H3,(H,27,29). The third kappa shape index (κ3) is 3.82. The first-order chi connectivity index (χ1) is 14.6. The smallest absolute Gasteiger partial charge is 0.255 e. The molecule has 0 saturated heterocycles. The van der Waals surface area contributed by atoms with E-state index in [-0.39, 0.29) is 17.4 Å². The van der Waals surface area contributed by atoms with E-state index in [2.05, 4.69) is 15.3 Å². The molecular formula is C23H18ClN3O3. The van der Waals surface area contributed by atoms with Crippen LogP contribution in [0.4, 0.5) is 0 Å². The van der Waals surface area contributed by atoms with Gasteiger partial charge in [-0.2, -0.15) is 0 Å². The third-order valence-electron chi connectivity index (χ3n) is 4.85. The lowest BCUT2D eigenvalue weighted by atomic mass is 9.99. The van der Waals surface area contributed by atoms with E-state index >= 15 is 0 Å². The number of amides is 1. The number of allylic oxidation sites excluding steroid dienone is 2. The van der Waals surface area contributed by atoms with Gasteiger partial charge in [0.15, 0.2) is 0 Å². The van der Waals surface area contributed by atoms with Gasteiger partial charge in [-0.05, 0) is 23.8 Å². The molecule has 0 unspecified atom stereocenters. The van der Waals surface area contributed by atoms with Gasteiger partial charge in [0.25, 0.3) is 5.91 Å². The van der Waals surface area contributed by atoms with E-state index in [0.717, 1.165) is 16.8 Å². The average Bonchev–Trinajstić information content (AvgIpc) is 3.27. The molecule has 0 aromatic heterocycles. The number of rotatable bonds is 6. The second kappa shape index (κ2) is 8.47. The van der Waals surface area contributed by atoms with Gasteiger partial charge >= 0.3 is 0 Å². The van der Waals surface area contributed by atoms with Crippen molar-refractivity contribution in [3.63, 3.8) is 0 Å². The maximum Gasteiger partial charge on any atom is 0.255 e. The molecule has 0 fully saturated rings. The Morgan fingerprint density at radius 2 is 1.90 bits per heavy atom. The maximum atomic E-state index is 12.8. The fraction of sp³-hybridized carbons (Fsp3) is 0.130. The van der Waals surface area contributed by atoms with Gasteiger partial charge in [-0.15, -0.1) is 0 Å². The first-order valence-electron chi connectivity index (χ1n) is 9.31. The second-order valence-electron chi connectivity index (χ2n) is 6.69. The fourth-order valence-corrected chi connectivity index (χ4v) is 3.55. The minimum absolute atomic E-state index is 0.232. The number of Topliss-reactive ketones (excluding diaryl/α,β-unsaturated/α-hetero) is 1. The van der Waals surface area contributed by atoms with Crippen molar-refractivity contribution in [3.8, 4) is 5.75 Å². The van der Waals surface area contributed by atoms with Crippen LogP contribution in [0.1, 0.15) is 26.3 Å². The number of carbonyl (C=O) groups is 2. The van der Waals surface area contributed by atoms with Gasteiger partial charge in [0.2, 0.25) is 5.78 Å². The van der Waals surface area contributed by atoms with Crippen LogP contribution in [0.5, 0.6) is 5.75 Å². The number of benzene rings is 2. The third-order valence-corrected chi connectivity index (χ3v) is 5.23. The molecular weight excluding hydrogens is 402 g/mol. The number of nitrogens with one attached hydrogen (secondary N) is 1. The predicted octanol–water partition coefficient (Wildman–Crippen LogP) is 3.72. The Kier molecular flexibility index (Phi) is 5.59. The summed E-state index contributed by atoms with van der Waals surface area (Å²) in [6, 6.07) is 14.0. The molecule has 0 bridgehead atoms. The van der Waals surface area contributed by atoms with Gasteiger partial charge in [-0.3, -0.25) is 19.6 Å². The summed E-state index contributed by atoms with van der Waals surface area (Å²) < 4.78 is 5.22. The quantitative estimate of drug-likeness (QED) is 0.724. The molecule has 1 N–H and O–H groups in total. The van der Waals surface area contributed by atoms with Crippen molar-refractivity contribution in [2.24, 2.45) is 9.98 Å². The summed E-state index contributed by atoms with van der Waals surface area (Å²) in [5, 5.41) is 3.18. The number of methoxy groups -OCH3 is 1. The molecule has 2 aromatic carbocycles. The first-order valence-corrected chi connectivity index (χ1v) is 9.69. The summed E-state index contributed by atoms with van der Waals surface area (Å²) in [5.74, 6) is 0.0432. The SMILES string of the molecule is COc1ccccc1C(=O)NCc1ccc(C(=O)C2=NCC3=NC=CC3=C2Cl)cc1. The maximum absolute atomic E-state index is 12.8. The number of nitrogens with zero attached hydrogens (tertiary/aromatic N) is 2. The number of hydrogen-bond donors (Lipinski definition) is 1. The van der Waals surface area contributed by atoms with E-state index in [1.54, 1.807) is 60.8 Å². The Bertz CT molecular complexity index is 1140. The topological polar surface area (TPSA) is 80.1 Å². The van der Waals surface area contributed by atoms with Crippen LogP contribution in [0.2, 0.25) is 0 Å². The van der Waals surface area contributed by atoms with Crippen molar-refractivity contribution in [2.75, 3.05) is 13.7 Å². The number of aliphatic imine (C=N–C) groups is 2. The normalized spacial score (nSPS) is 14.7. The van der Waals surface area contributed by atoms with Crippen molar-refractivity contribution in [2.45, 2.75) is 6.54 Å². The summed E-state index contributed by atoms with van der Waals surface area (Å²) in [6.07, 6.45) is 3.44. The van der Waals surface area contributed by atoms with Gasteiger partial charge in [-0.1, -0.05) is 48.0 Å². The Labute approximate surface area is 178 Å². The Balaban J connectivity index is 1.43. The van der Waals surface area contributed by atoms with Gasteiger partial charge in [0.05, 0.1) is 30.0 Å². The number of ether oxygens (including phenoxy) is 1. The Hall–Kier alpha value is -3.51. The Morgan fingerprint density at radius 1 is 1.13 bits per heavy atom. The zero-order valence-electron chi connectivity index (χ0n) is 16.2. The average molecular weight is 420 g/mol. The number of fused-ring (bicyclic) bond motifs is 1. The number of hydrogen-bond acceptors (Lipinski definition) is 5. The van der Waals surface area contributed by atoms with E-state index in [4.69, 9.17) is 16.3 Å². The Morgan fingerprint density at radius 3 is 2.67 bits per heavy atom. The molecule has 0 radical (unpaired) electrons. The first kappa shape index (κ1) is 19.8. The van der Waals surface area contributed by atoms with Crippen LogP contribution in [0.25, 0.3) is 0 Å². The van der Waals surface area contributed by atoms with Crippen LogP contribution >= 0.6 is 11.6 Å². The highest BCUT2D eigenvalue weighted by molar-refractivity contribution is 6.64. The molecule has 0 aliphatic carbocycles. The van der Waals surface area contributed by atoms with E-state index < -0.39 is 0 Å². The zero-order chi connectivity index (χ0) is 21.1. The second-order valence-corrected chi connectivity index (χ2v) is 7.07. The van der Waals surface area contributed by atoms with Crippen LogP contribution in [0.15, 0.2) is 81.4 Å². The molecule has 1 amide bonds. The highest BCUT2D eigenvalue weighted by Gasteiger charge is 2.26. The molecule has 6 nitrogen and oxygen atoms in total. The van der Waals surface area contributed by atoms with Crippen molar-refractivity contribution in [3.05, 3.63) is 88.1 Å². The molecule has 0 atom stereocenters. The summed E-state index contributed by atoms with van der Waals surface area (Å²) in [4.78, 5) is 33.7. The number of ketones is 1. The molecule has 150 valence electrons. The predicted molar refractivity (Wildman–Crippen MR) is 117 cm³/mol. The minimum atomic E-state index is -0.239. The highest BCUT2D eigenvalue weighted by atomic mass is 35.5. The van der Waals surface area contributed by atoms with E-state index in [0.29, 0.717) is 35.0 Å². The zero-order valence-corrected chi connectivity index (χ0v) is 16.9. The summed E-state index contributed by atoms with van der Waals surface area (Å²) in [5.41, 5.74) is 3.58. The lowest BCUT2D eigenvalue weighted by Crippen LogP contribution is -2.24. The molecule has 30 heavy (non-hydrogen) atoms. The van der Waals surface area contributed by atoms with Crippen molar-refractivity contribution in [1.82, 2.24) is 5.32 Å². The lowest BCUT2D eigenvalue weighted by molar-refractivity contribution is 0.0947. The van der Waals surface area contributed by atoms with Gasteiger partial charge in [0, 0.05) is 23.9 Å². The molecule has 2 heterocycles. The van der Waals surface area contributed by atoms with E-state index in [9.17, 15) is 9.59 Å². The van der Waals surface area contributed by atoms with E-state index in [1.807, 2.05) is 0 Å². The number of carbonyl (C=O) groups excluding carboxylic acids is 2. The summed E-state index contributed by atoms with van der Waals surface area (Å²) >= 11 is 6.37. The van der Waals surface area contributed by atoms with Crippen LogP contribution in [-0.2, 0) is 6.54 Å². The molecule has 0 spiro atoms. The molecule has 2 aromatic rings. The van der Waals surface area contributed by atoms with Gasteiger partial charge < -0.3 is 10.1 Å². The largest absolute Gasteiger partial charge is 0.496 e. The molecule has 7 heteroatoms. The van der Waals surface area contributed by atoms with Crippen LogP contribution < -0.4 is 10.1 Å². The minimum Gasteiger partial charge on any atom is -0.496 e. The van der Waals surface area contributed by atoms with Crippen molar-refractivity contribution < 1.29 is 14.3 Å². The van der Waals surface area contributed by atoms with Crippen molar-refractivity contribution in [1.29, 1.82) is 0 Å². The highest BCUT2D eigenvalue weighted by Crippen LogP contribution is 2.25. The lowest BCUT2D eigenvalue weighted by Gasteiger charge is -2.14. The number of halogens is 1. The number of para-hydroxylation sites is 1. The number of dihydropyridines is 1. The monoisotopic (exact) mass is 419 g/mol. The van der Waals surface area contributed by atoms with Crippen LogP contribution in [-0.4, -0.2) is 36.8 Å². The molecule has 2 aliphatic rings. The molecule has 0 saturated carbocycles. The molecule has 4 rings (SSSR count). The summed E-state index contributed by atoms with van der Waals surface area (Å²) in [7, 11) is 1.53. The summed E-state index contributed by atoms with van der Waals surface area (Å²) in [6.45, 7) is 0.661. The van der Waals surface area contributed by atoms with Crippen LogP contribution in [0, 0.1) is 0 Å². The fourth-order valence-electron chi connectivity index (χ4n) is 3.24. The van der Waals surface area contributed by atoms with Gasteiger partial charge in [0.1, 0.15) is 11.5 Å². The molecule has 2 aliphatic heterocycles. The van der Waals surface area contributed by atoms with Crippen molar-refractivity contribution >= 4 is 34.7 Å². The van der Waals surface area contributed by atoms with Gasteiger partial charge in [-0.25, -0.2) is 0 Å². The van der Waals surface area contributed by atoms with E-state index in [1.165, 1.54) is 7.11 Å². The van der Waals surface area contributed by atoms with Crippen LogP contribution in [0.3, 0.4) is 0 Å².